The van der Waals surface area contributed by atoms with Crippen LogP contribution in [-0.4, -0.2) is 5.25 Å². The van der Waals surface area contributed by atoms with Gasteiger partial charge in [-0.2, -0.15) is 11.8 Å². The monoisotopic (exact) mass is 209 g/mol. The van der Waals surface area contributed by atoms with Crippen molar-refractivity contribution in [2.75, 3.05) is 5.73 Å². The molecule has 0 aromatic heterocycles. The highest BCUT2D eigenvalue weighted by Gasteiger charge is 2.06. The summed E-state index contributed by atoms with van der Waals surface area (Å²) in [5, 5.41) is 0.715. The first kappa shape index (κ1) is 11.4. The predicted octanol–water partition coefficient (Wildman–Crippen LogP) is 3.55. The number of rotatable bonds is 4. The highest BCUT2D eigenvalue weighted by Crippen LogP contribution is 2.23. The molecule has 2 N–H and O–H groups in total. The number of hydrogen-bond acceptors (Lipinski definition) is 2. The Hall–Kier alpha value is -0.630. The molecule has 14 heavy (non-hydrogen) atoms. The Balaban J connectivity index is 2.42. The van der Waals surface area contributed by atoms with Gasteiger partial charge >= 0.3 is 0 Å². The fraction of sp³-hybridized carbons (Fsp3) is 0.500. The van der Waals surface area contributed by atoms with Crippen LogP contribution in [0.3, 0.4) is 0 Å². The van der Waals surface area contributed by atoms with Crippen molar-refractivity contribution in [3.8, 4) is 0 Å². The number of benzene rings is 1. The molecule has 0 saturated heterocycles. The summed E-state index contributed by atoms with van der Waals surface area (Å²) < 4.78 is 0. The zero-order chi connectivity index (χ0) is 10.6. The maximum atomic E-state index is 5.62. The van der Waals surface area contributed by atoms with Crippen LogP contribution in [-0.2, 0) is 5.75 Å². The third-order valence-corrected chi connectivity index (χ3v) is 4.00. The largest absolute Gasteiger partial charge is 0.399 e. The van der Waals surface area contributed by atoms with E-state index in [1.807, 2.05) is 23.9 Å². The van der Waals surface area contributed by atoms with Gasteiger partial charge in [0.25, 0.3) is 0 Å². The minimum Gasteiger partial charge on any atom is -0.399 e. The molecule has 0 aliphatic carbocycles. The van der Waals surface area contributed by atoms with Gasteiger partial charge < -0.3 is 5.73 Å². The van der Waals surface area contributed by atoms with Crippen molar-refractivity contribution < 1.29 is 0 Å². The summed E-state index contributed by atoms with van der Waals surface area (Å²) in [6.07, 6.45) is 0. The minimum atomic E-state index is 0.715. The van der Waals surface area contributed by atoms with Crippen LogP contribution in [0.1, 0.15) is 26.3 Å². The lowest BCUT2D eigenvalue weighted by Gasteiger charge is -2.14. The van der Waals surface area contributed by atoms with Gasteiger partial charge in [0.15, 0.2) is 0 Å². The molecule has 1 nitrogen and oxygen atoms in total. The van der Waals surface area contributed by atoms with E-state index in [-0.39, 0.29) is 0 Å². The third kappa shape index (κ3) is 3.62. The molecule has 0 aliphatic heterocycles. The van der Waals surface area contributed by atoms with E-state index >= 15 is 0 Å². The van der Waals surface area contributed by atoms with Crippen LogP contribution < -0.4 is 5.73 Å². The topological polar surface area (TPSA) is 26.0 Å². The Kier molecular flexibility index (Phi) is 4.33. The second-order valence-corrected chi connectivity index (χ2v) is 5.37. The summed E-state index contributed by atoms with van der Waals surface area (Å²) in [5.74, 6) is 1.83. The Morgan fingerprint density at radius 3 is 2.21 bits per heavy atom. The standard InChI is InChI=1S/C12H19NS/c1-9(2)10(3)14-8-11-4-6-12(13)7-5-11/h4-7,9-10H,8,13H2,1-3H3. The van der Waals surface area contributed by atoms with Crippen LogP contribution in [0.25, 0.3) is 0 Å². The highest BCUT2D eigenvalue weighted by molar-refractivity contribution is 7.99. The molecular weight excluding hydrogens is 190 g/mol. The zero-order valence-electron chi connectivity index (χ0n) is 9.16. The highest BCUT2D eigenvalue weighted by atomic mass is 32.2. The summed E-state index contributed by atoms with van der Waals surface area (Å²) in [5.41, 5.74) is 7.83. The molecule has 0 amide bonds. The van der Waals surface area contributed by atoms with Crippen molar-refractivity contribution in [1.29, 1.82) is 0 Å². The molecule has 0 fully saturated rings. The van der Waals surface area contributed by atoms with Gasteiger partial charge in [0.2, 0.25) is 0 Å². The molecule has 1 aromatic carbocycles. The fourth-order valence-electron chi connectivity index (χ4n) is 1.03. The van der Waals surface area contributed by atoms with E-state index in [0.29, 0.717) is 5.25 Å². The van der Waals surface area contributed by atoms with Crippen LogP contribution in [0.4, 0.5) is 5.69 Å². The van der Waals surface area contributed by atoms with Crippen molar-refractivity contribution in [2.45, 2.75) is 31.8 Å². The van der Waals surface area contributed by atoms with Crippen molar-refractivity contribution >= 4 is 17.4 Å². The molecular formula is C12H19NS. The average molecular weight is 209 g/mol. The van der Waals surface area contributed by atoms with E-state index in [1.54, 1.807) is 0 Å². The third-order valence-electron chi connectivity index (χ3n) is 2.43. The summed E-state index contributed by atoms with van der Waals surface area (Å²) in [7, 11) is 0. The van der Waals surface area contributed by atoms with E-state index in [0.717, 1.165) is 17.4 Å². The van der Waals surface area contributed by atoms with Crippen molar-refractivity contribution in [1.82, 2.24) is 0 Å². The van der Waals surface area contributed by atoms with Crippen LogP contribution in [0.2, 0.25) is 0 Å². The van der Waals surface area contributed by atoms with Crippen LogP contribution in [0.15, 0.2) is 24.3 Å². The summed E-state index contributed by atoms with van der Waals surface area (Å²) in [6, 6.07) is 8.15. The lowest BCUT2D eigenvalue weighted by Crippen LogP contribution is -2.05. The van der Waals surface area contributed by atoms with Gasteiger partial charge in [-0.25, -0.2) is 0 Å². The van der Waals surface area contributed by atoms with E-state index in [4.69, 9.17) is 5.73 Å². The summed E-state index contributed by atoms with van der Waals surface area (Å²) in [6.45, 7) is 6.81. The maximum absolute atomic E-state index is 5.62. The smallest absolute Gasteiger partial charge is 0.0314 e. The van der Waals surface area contributed by atoms with Crippen molar-refractivity contribution in [3.05, 3.63) is 29.8 Å². The van der Waals surface area contributed by atoms with E-state index in [9.17, 15) is 0 Å². The molecule has 0 aliphatic rings. The van der Waals surface area contributed by atoms with Crippen LogP contribution >= 0.6 is 11.8 Å². The number of nitrogen functional groups attached to an aromatic ring is 1. The van der Waals surface area contributed by atoms with E-state index in [1.165, 1.54) is 5.56 Å². The fourth-order valence-corrected chi connectivity index (χ4v) is 2.07. The molecule has 0 spiro atoms. The number of anilines is 1. The SMILES string of the molecule is CC(C)C(C)SCc1ccc(N)cc1. The first-order valence-electron chi connectivity index (χ1n) is 5.05. The second-order valence-electron chi connectivity index (χ2n) is 4.00. The Morgan fingerprint density at radius 2 is 1.71 bits per heavy atom. The first-order chi connectivity index (χ1) is 6.59. The Morgan fingerprint density at radius 1 is 1.14 bits per heavy atom. The number of nitrogens with two attached hydrogens (primary N) is 1. The predicted molar refractivity (Wildman–Crippen MR) is 66.4 cm³/mol. The minimum absolute atomic E-state index is 0.715. The molecule has 1 aromatic rings. The molecule has 78 valence electrons. The Labute approximate surface area is 91.1 Å². The van der Waals surface area contributed by atoms with Gasteiger partial charge in [-0.1, -0.05) is 32.9 Å². The molecule has 0 radical (unpaired) electrons. The molecule has 1 rings (SSSR count). The average Bonchev–Trinajstić information content (AvgIpc) is 2.16. The van der Waals surface area contributed by atoms with E-state index < -0.39 is 0 Å². The molecule has 1 unspecified atom stereocenters. The molecule has 0 bridgehead atoms. The van der Waals surface area contributed by atoms with Gasteiger partial charge in [-0.3, -0.25) is 0 Å². The number of hydrogen-bond donors (Lipinski definition) is 1. The molecule has 1 atom stereocenters. The molecule has 0 saturated carbocycles. The normalized spacial score (nSPS) is 13.1. The van der Waals surface area contributed by atoms with Gasteiger partial charge in [0.1, 0.15) is 0 Å². The second kappa shape index (κ2) is 5.30. The Bertz CT molecular complexity index is 266. The van der Waals surface area contributed by atoms with Crippen molar-refractivity contribution in [3.63, 3.8) is 0 Å². The van der Waals surface area contributed by atoms with Crippen LogP contribution in [0, 0.1) is 5.92 Å². The maximum Gasteiger partial charge on any atom is 0.0314 e. The first-order valence-corrected chi connectivity index (χ1v) is 6.10. The quantitative estimate of drug-likeness (QED) is 0.767. The van der Waals surface area contributed by atoms with Gasteiger partial charge in [0.05, 0.1) is 0 Å². The van der Waals surface area contributed by atoms with Gasteiger partial charge in [-0.05, 0) is 23.6 Å². The number of thioether (sulfide) groups is 1. The molecule has 2 heteroatoms. The lowest BCUT2D eigenvalue weighted by molar-refractivity contribution is 0.642. The van der Waals surface area contributed by atoms with Gasteiger partial charge in [0, 0.05) is 16.7 Å². The lowest BCUT2D eigenvalue weighted by atomic mass is 10.2. The van der Waals surface area contributed by atoms with E-state index in [2.05, 4.69) is 32.9 Å². The van der Waals surface area contributed by atoms with Gasteiger partial charge in [-0.15, -0.1) is 0 Å². The molecule has 0 heterocycles. The van der Waals surface area contributed by atoms with Crippen LogP contribution in [0.5, 0.6) is 0 Å². The summed E-state index contributed by atoms with van der Waals surface area (Å²) in [4.78, 5) is 0. The zero-order valence-corrected chi connectivity index (χ0v) is 9.97. The summed E-state index contributed by atoms with van der Waals surface area (Å²) >= 11 is 2.00. The van der Waals surface area contributed by atoms with Crippen molar-refractivity contribution in [2.24, 2.45) is 5.92 Å².